The van der Waals surface area contributed by atoms with E-state index in [1.54, 1.807) is 0 Å². The molecule has 1 amide bonds. The van der Waals surface area contributed by atoms with Crippen molar-refractivity contribution >= 4 is 18.3 Å². The summed E-state index contributed by atoms with van der Waals surface area (Å²) < 4.78 is 0. The molecular formula is C12H25ClN2O. The molecule has 1 heterocycles. The lowest BCUT2D eigenvalue weighted by Gasteiger charge is -2.34. The van der Waals surface area contributed by atoms with E-state index in [4.69, 9.17) is 0 Å². The Morgan fingerprint density at radius 1 is 1.50 bits per heavy atom. The summed E-state index contributed by atoms with van der Waals surface area (Å²) in [6.07, 6.45) is 2.14. The fraction of sp³-hybridized carbons (Fsp3) is 0.917. The molecule has 0 saturated carbocycles. The van der Waals surface area contributed by atoms with Crippen molar-refractivity contribution in [3.8, 4) is 0 Å². The predicted molar refractivity (Wildman–Crippen MR) is 69.9 cm³/mol. The van der Waals surface area contributed by atoms with Gasteiger partial charge in [0, 0.05) is 11.5 Å². The quantitative estimate of drug-likeness (QED) is 0.781. The number of carbonyl (C=O) groups excluding carboxylic acids is 1. The summed E-state index contributed by atoms with van der Waals surface area (Å²) in [5.74, 6) is 0.879. The second-order valence-corrected chi connectivity index (χ2v) is 5.33. The van der Waals surface area contributed by atoms with E-state index < -0.39 is 0 Å². The lowest BCUT2D eigenvalue weighted by atomic mass is 9.87. The number of amides is 1. The van der Waals surface area contributed by atoms with Crippen LogP contribution in [0.15, 0.2) is 0 Å². The number of hydrogen-bond donors (Lipinski definition) is 2. The molecule has 96 valence electrons. The second-order valence-electron chi connectivity index (χ2n) is 5.33. The minimum Gasteiger partial charge on any atom is -0.351 e. The van der Waals surface area contributed by atoms with Crippen LogP contribution in [0.1, 0.15) is 40.5 Å². The van der Waals surface area contributed by atoms with E-state index in [0.717, 1.165) is 25.9 Å². The Balaban J connectivity index is 0.00000225. The summed E-state index contributed by atoms with van der Waals surface area (Å²) in [5, 5.41) is 6.34. The van der Waals surface area contributed by atoms with Crippen LogP contribution < -0.4 is 10.6 Å². The molecule has 0 aromatic carbocycles. The minimum atomic E-state index is -0.0583. The Bertz CT molecular complexity index is 227. The molecule has 0 aromatic heterocycles. The monoisotopic (exact) mass is 248 g/mol. The van der Waals surface area contributed by atoms with Gasteiger partial charge in [-0.05, 0) is 39.3 Å². The Hall–Kier alpha value is -0.280. The summed E-state index contributed by atoms with van der Waals surface area (Å²) in [6.45, 7) is 10.3. The molecule has 0 aromatic rings. The van der Waals surface area contributed by atoms with Crippen LogP contribution in [0.25, 0.3) is 0 Å². The lowest BCUT2D eigenvalue weighted by molar-refractivity contribution is -0.128. The fourth-order valence-electron chi connectivity index (χ4n) is 2.01. The van der Waals surface area contributed by atoms with Gasteiger partial charge in [-0.1, -0.05) is 20.3 Å². The van der Waals surface area contributed by atoms with E-state index in [0.29, 0.717) is 5.92 Å². The van der Waals surface area contributed by atoms with Gasteiger partial charge in [0.25, 0.3) is 0 Å². The normalized spacial score (nSPS) is 18.2. The van der Waals surface area contributed by atoms with Gasteiger partial charge in [-0.3, -0.25) is 4.79 Å². The standard InChI is InChI=1S/C12H24N2O.ClH/c1-5-6-12(3,4)14-11(15)9(2)10-7-13-8-10;/h9-10,13H,5-8H2,1-4H3,(H,14,15);1H. The van der Waals surface area contributed by atoms with Gasteiger partial charge in [-0.25, -0.2) is 0 Å². The van der Waals surface area contributed by atoms with Gasteiger partial charge in [-0.15, -0.1) is 12.4 Å². The molecule has 2 N–H and O–H groups in total. The first kappa shape index (κ1) is 15.7. The molecule has 0 radical (unpaired) electrons. The van der Waals surface area contributed by atoms with Crippen LogP contribution >= 0.6 is 12.4 Å². The van der Waals surface area contributed by atoms with Crippen molar-refractivity contribution in [3.05, 3.63) is 0 Å². The summed E-state index contributed by atoms with van der Waals surface area (Å²) in [5.41, 5.74) is -0.0583. The highest BCUT2D eigenvalue weighted by molar-refractivity contribution is 5.85. The molecule has 0 bridgehead atoms. The van der Waals surface area contributed by atoms with E-state index in [9.17, 15) is 4.79 Å². The van der Waals surface area contributed by atoms with E-state index in [-0.39, 0.29) is 29.8 Å². The summed E-state index contributed by atoms with van der Waals surface area (Å²) >= 11 is 0. The van der Waals surface area contributed by atoms with E-state index in [2.05, 4.69) is 31.4 Å². The molecule has 0 spiro atoms. The Kier molecular flexibility index (Phi) is 6.34. The summed E-state index contributed by atoms with van der Waals surface area (Å²) in [6, 6.07) is 0. The number of hydrogen-bond acceptors (Lipinski definition) is 2. The van der Waals surface area contributed by atoms with Crippen LogP contribution in [-0.2, 0) is 4.79 Å². The van der Waals surface area contributed by atoms with Crippen molar-refractivity contribution < 1.29 is 4.79 Å². The molecule has 1 unspecified atom stereocenters. The van der Waals surface area contributed by atoms with Gasteiger partial charge < -0.3 is 10.6 Å². The first-order valence-electron chi connectivity index (χ1n) is 5.99. The maximum Gasteiger partial charge on any atom is 0.223 e. The third-order valence-electron chi connectivity index (χ3n) is 3.27. The van der Waals surface area contributed by atoms with Crippen LogP contribution in [-0.4, -0.2) is 24.5 Å². The molecule has 1 saturated heterocycles. The number of rotatable bonds is 5. The Labute approximate surface area is 105 Å². The van der Waals surface area contributed by atoms with Crippen molar-refractivity contribution in [2.45, 2.75) is 46.1 Å². The van der Waals surface area contributed by atoms with Crippen LogP contribution in [0.5, 0.6) is 0 Å². The number of halogens is 1. The maximum atomic E-state index is 11.9. The number of nitrogens with one attached hydrogen (secondary N) is 2. The average molecular weight is 249 g/mol. The highest BCUT2D eigenvalue weighted by Crippen LogP contribution is 2.18. The van der Waals surface area contributed by atoms with Crippen molar-refractivity contribution in [2.75, 3.05) is 13.1 Å². The van der Waals surface area contributed by atoms with Gasteiger partial charge in [0.15, 0.2) is 0 Å². The smallest absolute Gasteiger partial charge is 0.223 e. The first-order valence-corrected chi connectivity index (χ1v) is 5.99. The largest absolute Gasteiger partial charge is 0.351 e. The SMILES string of the molecule is CCCC(C)(C)NC(=O)C(C)C1CNC1.Cl. The van der Waals surface area contributed by atoms with Crippen LogP contribution in [0.3, 0.4) is 0 Å². The molecule has 0 aliphatic carbocycles. The highest BCUT2D eigenvalue weighted by atomic mass is 35.5. The molecule has 3 nitrogen and oxygen atoms in total. The molecule has 1 aliphatic heterocycles. The van der Waals surface area contributed by atoms with Gasteiger partial charge in [0.05, 0.1) is 0 Å². The van der Waals surface area contributed by atoms with Crippen molar-refractivity contribution in [2.24, 2.45) is 11.8 Å². The Morgan fingerprint density at radius 2 is 2.06 bits per heavy atom. The maximum absolute atomic E-state index is 11.9. The van der Waals surface area contributed by atoms with Crippen molar-refractivity contribution in [1.29, 1.82) is 0 Å². The van der Waals surface area contributed by atoms with Crippen LogP contribution in [0.4, 0.5) is 0 Å². The first-order chi connectivity index (χ1) is 6.96. The predicted octanol–water partition coefficient (Wildman–Crippen LogP) is 1.96. The van der Waals surface area contributed by atoms with Crippen LogP contribution in [0.2, 0.25) is 0 Å². The van der Waals surface area contributed by atoms with E-state index in [1.807, 2.05) is 6.92 Å². The number of carbonyl (C=O) groups is 1. The van der Waals surface area contributed by atoms with Gasteiger partial charge in [-0.2, -0.15) is 0 Å². The molecule has 1 rings (SSSR count). The molecule has 1 atom stereocenters. The third kappa shape index (κ3) is 4.30. The minimum absolute atomic E-state index is 0. The van der Waals surface area contributed by atoms with Crippen LogP contribution in [0, 0.1) is 11.8 Å². The van der Waals surface area contributed by atoms with E-state index in [1.165, 1.54) is 0 Å². The summed E-state index contributed by atoms with van der Waals surface area (Å²) in [7, 11) is 0. The van der Waals surface area contributed by atoms with E-state index >= 15 is 0 Å². The zero-order valence-corrected chi connectivity index (χ0v) is 11.6. The van der Waals surface area contributed by atoms with Gasteiger partial charge in [0.2, 0.25) is 5.91 Å². The third-order valence-corrected chi connectivity index (χ3v) is 3.27. The van der Waals surface area contributed by atoms with Gasteiger partial charge in [0.1, 0.15) is 0 Å². The molecule has 4 heteroatoms. The molecule has 1 fully saturated rings. The lowest BCUT2D eigenvalue weighted by Crippen LogP contribution is -2.53. The molecule has 1 aliphatic rings. The zero-order chi connectivity index (χ0) is 11.5. The van der Waals surface area contributed by atoms with Gasteiger partial charge >= 0.3 is 0 Å². The topological polar surface area (TPSA) is 41.1 Å². The van der Waals surface area contributed by atoms with Crippen molar-refractivity contribution in [3.63, 3.8) is 0 Å². The second kappa shape index (κ2) is 6.45. The average Bonchev–Trinajstić information content (AvgIpc) is 1.99. The summed E-state index contributed by atoms with van der Waals surface area (Å²) in [4.78, 5) is 11.9. The zero-order valence-electron chi connectivity index (χ0n) is 10.8. The molecule has 16 heavy (non-hydrogen) atoms. The van der Waals surface area contributed by atoms with Crippen molar-refractivity contribution in [1.82, 2.24) is 10.6 Å². The Morgan fingerprint density at radius 3 is 2.44 bits per heavy atom. The highest BCUT2D eigenvalue weighted by Gasteiger charge is 2.31. The molecular weight excluding hydrogens is 224 g/mol. The fourth-order valence-corrected chi connectivity index (χ4v) is 2.01.